The Labute approximate surface area is 265 Å². The monoisotopic (exact) mass is 605 g/mol. The van der Waals surface area contributed by atoms with Crippen molar-refractivity contribution in [2.75, 3.05) is 13.7 Å². The summed E-state index contributed by atoms with van der Waals surface area (Å²) in [5.74, 6) is 3.92. The van der Waals surface area contributed by atoms with E-state index in [-0.39, 0.29) is 23.9 Å². The lowest BCUT2D eigenvalue weighted by Gasteiger charge is -2.19. The van der Waals surface area contributed by atoms with Gasteiger partial charge in [-0.25, -0.2) is 4.39 Å². The topological polar surface area (TPSA) is 48.4 Å². The van der Waals surface area contributed by atoms with Gasteiger partial charge in [-0.3, -0.25) is 9.78 Å². The van der Waals surface area contributed by atoms with Gasteiger partial charge in [-0.05, 0) is 104 Å². The van der Waals surface area contributed by atoms with Crippen molar-refractivity contribution >= 4 is 5.78 Å². The molecule has 5 heteroatoms. The van der Waals surface area contributed by atoms with Gasteiger partial charge >= 0.3 is 0 Å². The predicted molar refractivity (Wildman–Crippen MR) is 176 cm³/mol. The molecule has 3 saturated carbocycles. The molecule has 5 atom stereocenters. The molecule has 2 aromatic rings. The van der Waals surface area contributed by atoms with E-state index in [2.05, 4.69) is 13.0 Å². The van der Waals surface area contributed by atoms with Crippen LogP contribution in [0.1, 0.15) is 131 Å². The molecule has 0 N–H and O–H groups in total. The minimum Gasteiger partial charge on any atom is -0.493 e. The molecule has 0 aliphatic heterocycles. The third-order valence-electron chi connectivity index (χ3n) is 11.3. The van der Waals surface area contributed by atoms with Gasteiger partial charge in [-0.1, -0.05) is 64.9 Å². The summed E-state index contributed by atoms with van der Waals surface area (Å²) in [6.07, 6.45) is 19.3. The average molecular weight is 606 g/mol. The summed E-state index contributed by atoms with van der Waals surface area (Å²) in [4.78, 5) is 17.8. The number of hydrogen-bond donors (Lipinski definition) is 0. The lowest BCUT2D eigenvalue weighted by molar-refractivity contribution is -0.123. The van der Waals surface area contributed by atoms with Crippen LogP contribution in [0.25, 0.3) is 0 Å². The Morgan fingerprint density at radius 1 is 1.02 bits per heavy atom. The molecular formula is C39H56FNO3. The number of carbonyl (C=O) groups excluding carboxylic acids is 1. The summed E-state index contributed by atoms with van der Waals surface area (Å²) < 4.78 is 26.5. The van der Waals surface area contributed by atoms with Crippen LogP contribution in [0.2, 0.25) is 0 Å². The highest BCUT2D eigenvalue weighted by Crippen LogP contribution is 2.50. The number of pyridine rings is 1. The quantitative estimate of drug-likeness (QED) is 0.228. The highest BCUT2D eigenvalue weighted by Gasteiger charge is 2.42. The molecule has 0 radical (unpaired) electrons. The number of halogens is 1. The number of aryl methyl sites for hydroxylation is 2. The third kappa shape index (κ3) is 8.50. The number of carbonyl (C=O) groups is 1. The Kier molecular flexibility index (Phi) is 11.9. The Balaban J connectivity index is 1.07. The van der Waals surface area contributed by atoms with Gasteiger partial charge in [0, 0.05) is 43.3 Å². The van der Waals surface area contributed by atoms with Gasteiger partial charge in [0.15, 0.2) is 0 Å². The first-order valence-electron chi connectivity index (χ1n) is 17.8. The molecule has 0 bridgehead atoms. The molecule has 44 heavy (non-hydrogen) atoms. The van der Waals surface area contributed by atoms with Crippen molar-refractivity contribution in [3.8, 4) is 5.75 Å². The van der Waals surface area contributed by atoms with Gasteiger partial charge < -0.3 is 9.47 Å². The molecule has 1 heterocycles. The van der Waals surface area contributed by atoms with Gasteiger partial charge in [0.1, 0.15) is 17.3 Å². The van der Waals surface area contributed by atoms with Crippen LogP contribution in [0.15, 0.2) is 24.4 Å². The summed E-state index contributed by atoms with van der Waals surface area (Å²) >= 11 is 0. The van der Waals surface area contributed by atoms with Gasteiger partial charge in [0.05, 0.1) is 13.2 Å². The van der Waals surface area contributed by atoms with Crippen molar-refractivity contribution < 1.29 is 18.7 Å². The number of ketones is 1. The number of ether oxygens (including phenoxy) is 2. The normalized spacial score (nSPS) is 25.2. The second-order valence-electron chi connectivity index (χ2n) is 14.3. The van der Waals surface area contributed by atoms with Crippen molar-refractivity contribution in [1.29, 1.82) is 0 Å². The number of hydrogen-bond acceptors (Lipinski definition) is 4. The molecule has 242 valence electrons. The molecule has 5 unspecified atom stereocenters. The van der Waals surface area contributed by atoms with E-state index in [0.29, 0.717) is 36.4 Å². The van der Waals surface area contributed by atoms with E-state index in [0.717, 1.165) is 49.0 Å². The number of nitrogens with zero attached hydrogens (tertiary/aromatic N) is 1. The first-order chi connectivity index (χ1) is 21.4. The van der Waals surface area contributed by atoms with E-state index in [1.807, 2.05) is 26.1 Å². The molecule has 1 aromatic carbocycles. The molecule has 3 aliphatic rings. The average Bonchev–Trinajstić information content (AvgIpc) is 3.52. The molecule has 1 aromatic heterocycles. The van der Waals surface area contributed by atoms with Gasteiger partial charge in [-0.2, -0.15) is 0 Å². The van der Waals surface area contributed by atoms with Crippen LogP contribution in [0.5, 0.6) is 5.75 Å². The van der Waals surface area contributed by atoms with E-state index in [4.69, 9.17) is 14.5 Å². The van der Waals surface area contributed by atoms with Crippen molar-refractivity contribution in [3.05, 3.63) is 58.2 Å². The number of Topliss-reactive ketones (excluding diaryl/α,β-unsaturated/α-hetero) is 1. The lowest BCUT2D eigenvalue weighted by atomic mass is 9.86. The van der Waals surface area contributed by atoms with Gasteiger partial charge in [0.2, 0.25) is 0 Å². The summed E-state index contributed by atoms with van der Waals surface area (Å²) in [7, 11) is 1.75. The Morgan fingerprint density at radius 2 is 1.75 bits per heavy atom. The molecule has 0 spiro atoms. The van der Waals surface area contributed by atoms with Gasteiger partial charge in [-0.15, -0.1) is 0 Å². The highest BCUT2D eigenvalue weighted by molar-refractivity contribution is 5.83. The van der Waals surface area contributed by atoms with Crippen LogP contribution in [-0.4, -0.2) is 24.5 Å². The third-order valence-corrected chi connectivity index (χ3v) is 11.3. The zero-order valence-electron chi connectivity index (χ0n) is 27.8. The fourth-order valence-electron chi connectivity index (χ4n) is 8.49. The molecule has 0 saturated heterocycles. The first-order valence-corrected chi connectivity index (χ1v) is 17.8. The fourth-order valence-corrected chi connectivity index (χ4v) is 8.49. The summed E-state index contributed by atoms with van der Waals surface area (Å²) in [6, 6.07) is 5.73. The number of methoxy groups -OCH3 is 1. The van der Waals surface area contributed by atoms with E-state index in [9.17, 15) is 4.79 Å². The summed E-state index contributed by atoms with van der Waals surface area (Å²) in [5.41, 5.74) is 5.27. The van der Waals surface area contributed by atoms with Crippen LogP contribution >= 0.6 is 0 Å². The first kappa shape index (κ1) is 33.1. The molecule has 5 rings (SSSR count). The fraction of sp³-hybridized carbons (Fsp3) is 0.692. The van der Waals surface area contributed by atoms with E-state index < -0.39 is 0 Å². The van der Waals surface area contributed by atoms with E-state index in [1.165, 1.54) is 87.1 Å². The minimum atomic E-state index is -0.299. The van der Waals surface area contributed by atoms with Crippen molar-refractivity contribution in [2.24, 2.45) is 29.6 Å². The zero-order chi connectivity index (χ0) is 31.1. The Hall–Kier alpha value is -2.27. The minimum absolute atomic E-state index is 0.0203. The lowest BCUT2D eigenvalue weighted by Crippen LogP contribution is -2.21. The van der Waals surface area contributed by atoms with Crippen LogP contribution in [-0.2, 0) is 29.0 Å². The Bertz CT molecular complexity index is 1210. The van der Waals surface area contributed by atoms with E-state index >= 15 is 4.39 Å². The van der Waals surface area contributed by atoms with Crippen molar-refractivity contribution in [1.82, 2.24) is 4.98 Å². The smallest absolute Gasteiger partial charge is 0.140 e. The number of rotatable bonds is 13. The standard InChI is InChI=1S/C39H56FNO3/c1-5-29-20-28(25-43-4)24-41-39(29)32-14-9-8-13-31(15-10-16-32)36-21-33(36)17-18-44-34-19-26(2)35(37(40)22-34)23-38(42)27(3)30-11-6-7-12-30/h19-20,22,24,27,30-33,36H,5-18,21,23,25H2,1-4H3. The predicted octanol–water partition coefficient (Wildman–Crippen LogP) is 9.73. The van der Waals surface area contributed by atoms with Crippen LogP contribution in [0, 0.1) is 42.3 Å². The SMILES string of the molecule is CCc1cc(COC)cnc1C1CCCCC(C2CC2CCOc2cc(C)c(CC(=O)C(C)C3CCCC3)c(F)c2)CCC1. The van der Waals surface area contributed by atoms with Crippen LogP contribution < -0.4 is 4.74 Å². The van der Waals surface area contributed by atoms with Crippen molar-refractivity contribution in [3.63, 3.8) is 0 Å². The molecule has 0 amide bonds. The van der Waals surface area contributed by atoms with E-state index in [1.54, 1.807) is 7.11 Å². The number of aromatic nitrogens is 1. The maximum Gasteiger partial charge on any atom is 0.140 e. The van der Waals surface area contributed by atoms with Gasteiger partial charge in [0.25, 0.3) is 0 Å². The largest absolute Gasteiger partial charge is 0.493 e. The second-order valence-corrected chi connectivity index (χ2v) is 14.3. The molecular weight excluding hydrogens is 549 g/mol. The molecule has 4 nitrogen and oxygen atoms in total. The molecule has 3 fully saturated rings. The van der Waals surface area contributed by atoms with Crippen molar-refractivity contribution in [2.45, 2.75) is 130 Å². The highest BCUT2D eigenvalue weighted by atomic mass is 19.1. The van der Waals surface area contributed by atoms with Crippen LogP contribution in [0.3, 0.4) is 0 Å². The zero-order valence-corrected chi connectivity index (χ0v) is 27.8. The maximum absolute atomic E-state index is 15.1. The second kappa shape index (κ2) is 15.8. The number of benzene rings is 1. The summed E-state index contributed by atoms with van der Waals surface area (Å²) in [6.45, 7) is 7.45. The summed E-state index contributed by atoms with van der Waals surface area (Å²) in [5, 5.41) is 0. The van der Waals surface area contributed by atoms with Crippen LogP contribution in [0.4, 0.5) is 4.39 Å². The molecule has 3 aliphatic carbocycles. The Morgan fingerprint density at radius 3 is 2.50 bits per heavy atom. The maximum atomic E-state index is 15.1.